The number of aryl methyl sites for hydroxylation is 1. The minimum Gasteiger partial charge on any atom is -0.493 e. The Balaban J connectivity index is 1.65. The van der Waals surface area contributed by atoms with Crippen LogP contribution in [0.4, 0.5) is 29.1 Å². The Kier molecular flexibility index (Phi) is 7.25. The van der Waals surface area contributed by atoms with E-state index < -0.39 is 22.8 Å². The lowest BCUT2D eigenvalue weighted by Crippen LogP contribution is -2.53. The predicted molar refractivity (Wildman–Crippen MR) is 127 cm³/mol. The molecule has 8 nitrogen and oxygen atoms in total. The first kappa shape index (κ1) is 25.9. The van der Waals surface area contributed by atoms with Crippen LogP contribution < -0.4 is 25.8 Å². The molecule has 1 aromatic heterocycles. The third kappa shape index (κ3) is 5.63. The summed E-state index contributed by atoms with van der Waals surface area (Å²) in [6, 6.07) is 5.03. The van der Waals surface area contributed by atoms with Crippen molar-refractivity contribution < 1.29 is 31.8 Å². The maximum absolute atomic E-state index is 14.6. The van der Waals surface area contributed by atoms with Gasteiger partial charge in [-0.15, -0.1) is 0 Å². The van der Waals surface area contributed by atoms with Gasteiger partial charge in [-0.25, -0.2) is 14.4 Å². The predicted octanol–water partition coefficient (Wildman–Crippen LogP) is 3.16. The van der Waals surface area contributed by atoms with Crippen LogP contribution in [0.25, 0.3) is 10.9 Å². The molecule has 4 N–H and O–H groups in total. The number of hydrogen-bond donors (Lipinski definition) is 3. The molecule has 1 unspecified atom stereocenters. The number of anilines is 2. The number of morpholine rings is 1. The number of methoxy groups -OCH3 is 1. The van der Waals surface area contributed by atoms with Crippen LogP contribution in [0.1, 0.15) is 17.0 Å². The fourth-order valence-corrected chi connectivity index (χ4v) is 4.13. The van der Waals surface area contributed by atoms with Gasteiger partial charge in [0.2, 0.25) is 0 Å². The second-order valence-electron chi connectivity index (χ2n) is 8.34. The normalized spacial score (nSPS) is 18.3. The monoisotopic (exact) mass is 522 g/mol. The van der Waals surface area contributed by atoms with Gasteiger partial charge in [0.1, 0.15) is 24.1 Å². The lowest BCUT2D eigenvalue weighted by atomic mass is 10.1. The van der Waals surface area contributed by atoms with E-state index in [0.29, 0.717) is 47.4 Å². The number of nitrogen functional groups attached to an aromatic ring is 1. The zero-order valence-corrected chi connectivity index (χ0v) is 20.6. The van der Waals surface area contributed by atoms with E-state index >= 15 is 0 Å². The summed E-state index contributed by atoms with van der Waals surface area (Å²) in [5, 5.41) is 5.90. The van der Waals surface area contributed by atoms with E-state index in [1.165, 1.54) is 7.11 Å². The molecule has 4 rings (SSSR count). The highest BCUT2D eigenvalue weighted by atomic mass is 28.1. The Morgan fingerprint density at radius 2 is 2.00 bits per heavy atom. The van der Waals surface area contributed by atoms with Crippen molar-refractivity contribution >= 4 is 32.7 Å². The van der Waals surface area contributed by atoms with Gasteiger partial charge in [0, 0.05) is 42.3 Å². The molecule has 1 fully saturated rings. The highest BCUT2D eigenvalue weighted by molar-refractivity contribution is 6.15. The van der Waals surface area contributed by atoms with E-state index in [0.717, 1.165) is 12.6 Å². The number of fused-ring (bicyclic) bond motifs is 1. The molecule has 0 bridgehead atoms. The highest BCUT2D eigenvalue weighted by Crippen LogP contribution is 2.36. The smallest absolute Gasteiger partial charge is 0.419 e. The van der Waals surface area contributed by atoms with Gasteiger partial charge < -0.3 is 30.6 Å². The summed E-state index contributed by atoms with van der Waals surface area (Å²) >= 11 is 0. The van der Waals surface area contributed by atoms with E-state index in [2.05, 4.69) is 30.8 Å². The molecule has 1 saturated heterocycles. The Morgan fingerprint density at radius 3 is 2.67 bits per heavy atom. The third-order valence-electron chi connectivity index (χ3n) is 5.54. The maximum Gasteiger partial charge on any atom is 0.419 e. The summed E-state index contributed by atoms with van der Waals surface area (Å²) in [6.45, 7) is 3.29. The van der Waals surface area contributed by atoms with Gasteiger partial charge in [0.25, 0.3) is 0 Å². The molecular formula is C23H24F4N5O3Si. The summed E-state index contributed by atoms with van der Waals surface area (Å²) < 4.78 is 71.4. The molecule has 3 radical (unpaired) electrons. The molecule has 0 spiro atoms. The summed E-state index contributed by atoms with van der Waals surface area (Å²) in [7, 11) is 5.09. The van der Waals surface area contributed by atoms with E-state index in [9.17, 15) is 17.6 Å². The molecule has 191 valence electrons. The number of benzene rings is 2. The number of nitrogens with zero attached hydrogens (tertiary/aromatic N) is 2. The van der Waals surface area contributed by atoms with Gasteiger partial charge in [-0.05, 0) is 25.1 Å². The van der Waals surface area contributed by atoms with Crippen LogP contribution >= 0.6 is 0 Å². The fraction of sp³-hybridized carbons (Fsp3) is 0.391. The number of alkyl halides is 3. The minimum absolute atomic E-state index is 0.156. The molecule has 0 saturated carbocycles. The van der Waals surface area contributed by atoms with E-state index in [1.54, 1.807) is 19.1 Å². The first-order valence-corrected chi connectivity index (χ1v) is 11.5. The fourth-order valence-electron chi connectivity index (χ4n) is 3.83. The largest absolute Gasteiger partial charge is 0.493 e. The van der Waals surface area contributed by atoms with Gasteiger partial charge >= 0.3 is 6.18 Å². The quantitative estimate of drug-likeness (QED) is 0.247. The van der Waals surface area contributed by atoms with Crippen LogP contribution in [0.2, 0.25) is 0 Å². The second kappa shape index (κ2) is 10.1. The number of nitrogens with one attached hydrogen (secondary N) is 2. The van der Waals surface area contributed by atoms with Crippen molar-refractivity contribution in [1.82, 2.24) is 15.3 Å². The molecule has 1 aliphatic heterocycles. The molecule has 3 aromatic rings. The standard InChI is InChI=1S/C23H24F4N5O3Si/c1-12-31-17-8-18(33-2)19(34-11-22(36)10-29-3-4-35-22)7-15(17)21(32-12)30-9-13-5-14(28)6-16(20(13)24)23(25,26)27/h5-8,29H,3-4,9-11,28H2,1-2H3,(H,30,31,32). The van der Waals surface area contributed by atoms with Crippen molar-refractivity contribution in [1.29, 1.82) is 0 Å². The van der Waals surface area contributed by atoms with Crippen molar-refractivity contribution in [2.24, 2.45) is 0 Å². The second-order valence-corrected chi connectivity index (χ2v) is 9.25. The van der Waals surface area contributed by atoms with Crippen LogP contribution in [-0.2, 0) is 17.5 Å². The van der Waals surface area contributed by atoms with Crippen molar-refractivity contribution in [3.8, 4) is 11.5 Å². The van der Waals surface area contributed by atoms with E-state index in [-0.39, 0.29) is 30.2 Å². The van der Waals surface area contributed by atoms with Crippen LogP contribution in [0.5, 0.6) is 11.5 Å². The van der Waals surface area contributed by atoms with Gasteiger partial charge in [-0.3, -0.25) is 0 Å². The Bertz CT molecular complexity index is 1270. The number of ether oxygens (including phenoxy) is 3. The summed E-state index contributed by atoms with van der Waals surface area (Å²) in [5.41, 5.74) is 4.22. The molecular weight excluding hydrogens is 498 g/mol. The summed E-state index contributed by atoms with van der Waals surface area (Å²) in [6.07, 6.45) is -4.88. The average molecular weight is 523 g/mol. The van der Waals surface area contributed by atoms with Gasteiger partial charge in [-0.2, -0.15) is 13.2 Å². The van der Waals surface area contributed by atoms with Crippen molar-refractivity contribution in [2.45, 2.75) is 24.9 Å². The first-order valence-electron chi connectivity index (χ1n) is 11.0. The van der Waals surface area contributed by atoms with Crippen LogP contribution in [0, 0.1) is 12.7 Å². The van der Waals surface area contributed by atoms with E-state index in [4.69, 9.17) is 19.9 Å². The number of halogens is 4. The lowest BCUT2D eigenvalue weighted by Gasteiger charge is -2.34. The van der Waals surface area contributed by atoms with Crippen LogP contribution in [0.15, 0.2) is 24.3 Å². The van der Waals surface area contributed by atoms with Gasteiger partial charge in [-0.1, -0.05) is 0 Å². The topological polar surface area (TPSA) is 104 Å². The first-order chi connectivity index (χ1) is 17.0. The zero-order valence-electron chi connectivity index (χ0n) is 19.6. The highest BCUT2D eigenvalue weighted by Gasteiger charge is 2.35. The minimum atomic E-state index is -4.88. The number of nitrogens with two attached hydrogens (primary N) is 1. The average Bonchev–Trinajstić information content (AvgIpc) is 2.82. The third-order valence-corrected chi connectivity index (χ3v) is 6.01. The molecule has 36 heavy (non-hydrogen) atoms. The molecule has 0 amide bonds. The summed E-state index contributed by atoms with van der Waals surface area (Å²) in [5.74, 6) is 0.0761. The maximum atomic E-state index is 14.6. The molecule has 2 aromatic carbocycles. The van der Waals surface area contributed by atoms with Crippen LogP contribution in [-0.4, -0.2) is 58.8 Å². The van der Waals surface area contributed by atoms with Crippen molar-refractivity contribution in [3.05, 3.63) is 47.0 Å². The lowest BCUT2D eigenvalue weighted by molar-refractivity contribution is -0.140. The van der Waals surface area contributed by atoms with Gasteiger partial charge in [0.05, 0.1) is 40.3 Å². The molecule has 0 aliphatic carbocycles. The van der Waals surface area contributed by atoms with Crippen molar-refractivity contribution in [2.75, 3.05) is 44.5 Å². The zero-order chi connectivity index (χ0) is 26.1. The van der Waals surface area contributed by atoms with Crippen LogP contribution in [0.3, 0.4) is 0 Å². The molecule has 1 atom stereocenters. The van der Waals surface area contributed by atoms with Gasteiger partial charge in [0.15, 0.2) is 11.5 Å². The number of rotatable bonds is 7. The number of aromatic nitrogens is 2. The SMILES string of the molecule is COc1cc2nc(C)nc(NCc3cc(N)cc(C(F)(F)F)c3F)c2cc1OCC1([Si])CNCCO1. The number of hydrogen-bond acceptors (Lipinski definition) is 8. The van der Waals surface area contributed by atoms with Crippen molar-refractivity contribution in [3.63, 3.8) is 0 Å². The summed E-state index contributed by atoms with van der Waals surface area (Å²) in [4.78, 5) is 8.77. The molecule has 1 aliphatic rings. The molecule has 13 heteroatoms. The Hall–Kier alpha value is -3.16. The Morgan fingerprint density at radius 1 is 1.22 bits per heavy atom. The molecule has 2 heterocycles. The Labute approximate surface area is 208 Å². The van der Waals surface area contributed by atoms with E-state index in [1.807, 2.05) is 0 Å².